The molecule has 0 amide bonds. The Kier molecular flexibility index (Phi) is 5.14. The van der Waals surface area contributed by atoms with E-state index >= 15 is 0 Å². The highest BCUT2D eigenvalue weighted by Gasteiger charge is 2.21. The average molecular weight is 251 g/mol. The summed E-state index contributed by atoms with van der Waals surface area (Å²) in [7, 11) is 0. The van der Waals surface area contributed by atoms with E-state index in [1.807, 2.05) is 6.07 Å². The van der Waals surface area contributed by atoms with Gasteiger partial charge in [-0.1, -0.05) is 13.0 Å². The number of rotatable bonds is 7. The molecule has 0 fully saturated rings. The van der Waals surface area contributed by atoms with Crippen LogP contribution in [0.2, 0.25) is 0 Å². The van der Waals surface area contributed by atoms with Gasteiger partial charge in [0.2, 0.25) is 0 Å². The van der Waals surface area contributed by atoms with Crippen LogP contribution in [0.1, 0.15) is 43.4 Å². The molecule has 0 aliphatic heterocycles. The minimum atomic E-state index is -0.123. The summed E-state index contributed by atoms with van der Waals surface area (Å²) in [5.74, 6) is -0.123. The lowest BCUT2D eigenvalue weighted by atomic mass is 10.1. The minimum absolute atomic E-state index is 0.123. The molecular weight excluding hydrogens is 229 g/mol. The minimum Gasteiger partial charge on any atom is -0.381 e. The predicted molar refractivity (Wildman–Crippen MR) is 71.2 cm³/mol. The molecule has 1 unspecified atom stereocenters. The van der Waals surface area contributed by atoms with Crippen molar-refractivity contribution in [3.63, 3.8) is 0 Å². The first-order chi connectivity index (χ1) is 8.81. The standard InChI is InChI=1S/C15H22FNO/c1-2-9-18-10-3-8-17-15-7-4-12-11-13(16)5-6-14(12)15/h5-6,11,15,17H,2-4,7-10H2,1H3. The van der Waals surface area contributed by atoms with Gasteiger partial charge in [-0.25, -0.2) is 4.39 Å². The van der Waals surface area contributed by atoms with E-state index in [0.717, 1.165) is 51.0 Å². The number of hydrogen-bond acceptors (Lipinski definition) is 2. The molecule has 1 aromatic carbocycles. The predicted octanol–water partition coefficient (Wildman–Crippen LogP) is 3.22. The summed E-state index contributed by atoms with van der Waals surface area (Å²) >= 11 is 0. The average Bonchev–Trinajstić information content (AvgIpc) is 2.76. The molecule has 2 rings (SSSR count). The largest absolute Gasteiger partial charge is 0.381 e. The van der Waals surface area contributed by atoms with E-state index in [1.54, 1.807) is 12.1 Å². The zero-order valence-corrected chi connectivity index (χ0v) is 11.0. The molecule has 1 aliphatic rings. The van der Waals surface area contributed by atoms with Crippen LogP contribution in [0.25, 0.3) is 0 Å². The summed E-state index contributed by atoms with van der Waals surface area (Å²) in [5.41, 5.74) is 2.43. The van der Waals surface area contributed by atoms with Crippen molar-refractivity contribution in [3.05, 3.63) is 35.1 Å². The van der Waals surface area contributed by atoms with Gasteiger partial charge in [0, 0.05) is 19.3 Å². The van der Waals surface area contributed by atoms with Crippen LogP contribution in [-0.4, -0.2) is 19.8 Å². The van der Waals surface area contributed by atoms with Crippen molar-refractivity contribution in [3.8, 4) is 0 Å². The quantitative estimate of drug-likeness (QED) is 0.751. The number of nitrogens with one attached hydrogen (secondary N) is 1. The third-order valence-corrected chi connectivity index (χ3v) is 3.39. The lowest BCUT2D eigenvalue weighted by Gasteiger charge is -2.14. The van der Waals surface area contributed by atoms with Crippen LogP contribution in [0.4, 0.5) is 4.39 Å². The van der Waals surface area contributed by atoms with Crippen molar-refractivity contribution in [2.75, 3.05) is 19.8 Å². The molecule has 1 atom stereocenters. The maximum Gasteiger partial charge on any atom is 0.123 e. The van der Waals surface area contributed by atoms with Gasteiger partial charge in [-0.05, 0) is 55.5 Å². The number of fused-ring (bicyclic) bond motifs is 1. The van der Waals surface area contributed by atoms with Crippen LogP contribution in [0.5, 0.6) is 0 Å². The van der Waals surface area contributed by atoms with E-state index in [1.165, 1.54) is 5.56 Å². The van der Waals surface area contributed by atoms with Crippen molar-refractivity contribution in [2.24, 2.45) is 0 Å². The van der Waals surface area contributed by atoms with Crippen molar-refractivity contribution < 1.29 is 9.13 Å². The number of aryl methyl sites for hydroxylation is 1. The van der Waals surface area contributed by atoms with Gasteiger partial charge in [0.1, 0.15) is 5.82 Å². The number of ether oxygens (including phenoxy) is 1. The first-order valence-corrected chi connectivity index (χ1v) is 6.90. The molecule has 100 valence electrons. The van der Waals surface area contributed by atoms with E-state index in [4.69, 9.17) is 4.74 Å². The molecule has 1 N–H and O–H groups in total. The number of hydrogen-bond donors (Lipinski definition) is 1. The van der Waals surface area contributed by atoms with Crippen LogP contribution < -0.4 is 5.32 Å². The Balaban J connectivity index is 1.73. The Morgan fingerprint density at radius 1 is 1.39 bits per heavy atom. The summed E-state index contributed by atoms with van der Waals surface area (Å²) in [4.78, 5) is 0. The Morgan fingerprint density at radius 3 is 3.11 bits per heavy atom. The molecule has 1 aromatic rings. The van der Waals surface area contributed by atoms with Gasteiger partial charge in [0.15, 0.2) is 0 Å². The van der Waals surface area contributed by atoms with Crippen molar-refractivity contribution >= 4 is 0 Å². The molecule has 0 radical (unpaired) electrons. The summed E-state index contributed by atoms with van der Waals surface area (Å²) in [6.07, 6.45) is 4.17. The molecule has 1 aliphatic carbocycles. The smallest absolute Gasteiger partial charge is 0.123 e. The maximum absolute atomic E-state index is 13.1. The Hall–Kier alpha value is -0.930. The fraction of sp³-hybridized carbons (Fsp3) is 0.600. The van der Waals surface area contributed by atoms with Crippen molar-refractivity contribution in [1.29, 1.82) is 0 Å². The fourth-order valence-corrected chi connectivity index (χ4v) is 2.50. The fourth-order valence-electron chi connectivity index (χ4n) is 2.50. The molecular formula is C15H22FNO. The van der Waals surface area contributed by atoms with Gasteiger partial charge >= 0.3 is 0 Å². The lowest BCUT2D eigenvalue weighted by Crippen LogP contribution is -2.21. The second-order valence-corrected chi connectivity index (χ2v) is 4.85. The van der Waals surface area contributed by atoms with Gasteiger partial charge in [-0.2, -0.15) is 0 Å². The van der Waals surface area contributed by atoms with E-state index in [0.29, 0.717) is 6.04 Å². The molecule has 0 aromatic heterocycles. The number of benzene rings is 1. The van der Waals surface area contributed by atoms with Crippen LogP contribution in [0, 0.1) is 5.82 Å². The summed E-state index contributed by atoms with van der Waals surface area (Å²) < 4.78 is 18.5. The third-order valence-electron chi connectivity index (χ3n) is 3.39. The van der Waals surface area contributed by atoms with E-state index in [-0.39, 0.29) is 5.82 Å². The number of halogens is 1. The highest BCUT2D eigenvalue weighted by molar-refractivity contribution is 5.34. The van der Waals surface area contributed by atoms with Gasteiger partial charge in [-0.15, -0.1) is 0 Å². The van der Waals surface area contributed by atoms with E-state index in [2.05, 4.69) is 12.2 Å². The van der Waals surface area contributed by atoms with Crippen molar-refractivity contribution in [1.82, 2.24) is 5.32 Å². The molecule has 0 saturated carbocycles. The van der Waals surface area contributed by atoms with Gasteiger partial charge < -0.3 is 10.1 Å². The van der Waals surface area contributed by atoms with Gasteiger partial charge in [0.05, 0.1) is 0 Å². The van der Waals surface area contributed by atoms with Gasteiger partial charge in [-0.3, -0.25) is 0 Å². The molecule has 2 nitrogen and oxygen atoms in total. The zero-order valence-electron chi connectivity index (χ0n) is 11.0. The van der Waals surface area contributed by atoms with Crippen LogP contribution in [0.3, 0.4) is 0 Å². The second-order valence-electron chi connectivity index (χ2n) is 4.85. The van der Waals surface area contributed by atoms with E-state index in [9.17, 15) is 4.39 Å². The first kappa shape index (κ1) is 13.5. The lowest BCUT2D eigenvalue weighted by molar-refractivity contribution is 0.131. The molecule has 0 saturated heterocycles. The second kappa shape index (κ2) is 6.86. The summed E-state index contributed by atoms with van der Waals surface area (Å²) in [5, 5.41) is 3.53. The first-order valence-electron chi connectivity index (χ1n) is 6.90. The zero-order chi connectivity index (χ0) is 12.8. The third kappa shape index (κ3) is 3.53. The molecule has 0 bridgehead atoms. The van der Waals surface area contributed by atoms with Crippen molar-refractivity contribution in [2.45, 2.75) is 38.6 Å². The Labute approximate surface area is 109 Å². The highest BCUT2D eigenvalue weighted by atomic mass is 19.1. The highest BCUT2D eigenvalue weighted by Crippen LogP contribution is 2.31. The van der Waals surface area contributed by atoms with Crippen LogP contribution in [-0.2, 0) is 11.2 Å². The maximum atomic E-state index is 13.1. The summed E-state index contributed by atoms with van der Waals surface area (Å²) in [6.45, 7) is 4.76. The van der Waals surface area contributed by atoms with E-state index < -0.39 is 0 Å². The Morgan fingerprint density at radius 2 is 2.28 bits per heavy atom. The molecule has 18 heavy (non-hydrogen) atoms. The summed E-state index contributed by atoms with van der Waals surface area (Å²) in [6, 6.07) is 5.54. The van der Waals surface area contributed by atoms with Gasteiger partial charge in [0.25, 0.3) is 0 Å². The van der Waals surface area contributed by atoms with Crippen LogP contribution >= 0.6 is 0 Å². The van der Waals surface area contributed by atoms with Crippen LogP contribution in [0.15, 0.2) is 18.2 Å². The monoisotopic (exact) mass is 251 g/mol. The Bertz CT molecular complexity index is 381. The normalized spacial score (nSPS) is 18.0. The molecule has 0 spiro atoms. The SMILES string of the molecule is CCCOCCCNC1CCc2cc(F)ccc21. The molecule has 0 heterocycles. The topological polar surface area (TPSA) is 21.3 Å². The molecule has 3 heteroatoms.